The smallest absolute Gasteiger partial charge is 0.180 e. The van der Waals surface area contributed by atoms with Crippen molar-refractivity contribution in [1.82, 2.24) is 10.2 Å². The van der Waals surface area contributed by atoms with Gasteiger partial charge in [-0.25, -0.2) is 8.42 Å². The van der Waals surface area contributed by atoms with Crippen LogP contribution in [0.2, 0.25) is 0 Å². The Bertz CT molecular complexity index is 585. The zero-order valence-corrected chi connectivity index (χ0v) is 12.7. The Morgan fingerprint density at radius 2 is 2.10 bits per heavy atom. The van der Waals surface area contributed by atoms with Gasteiger partial charge in [-0.15, -0.1) is 0 Å². The van der Waals surface area contributed by atoms with Gasteiger partial charge >= 0.3 is 0 Å². The lowest BCUT2D eigenvalue weighted by atomic mass is 10.0. The van der Waals surface area contributed by atoms with Crippen LogP contribution < -0.4 is 5.32 Å². The highest BCUT2D eigenvalue weighted by Crippen LogP contribution is 2.33. The summed E-state index contributed by atoms with van der Waals surface area (Å²) in [6.45, 7) is 2.01. The number of nitrogens with zero attached hydrogens (tertiary/aromatic N) is 1. The maximum Gasteiger partial charge on any atom is 0.180 e. The number of hydrogen-bond donors (Lipinski definition) is 1. The molecule has 0 amide bonds. The molecule has 1 N–H and O–H groups in total. The number of likely N-dealkylation sites (N-methyl/N-ethyl adjacent to an activating group) is 1. The number of hydrogen-bond acceptors (Lipinski definition) is 4. The maximum absolute atomic E-state index is 12.1. The molecule has 0 aromatic heterocycles. The van der Waals surface area contributed by atoms with Crippen molar-refractivity contribution < 1.29 is 8.42 Å². The summed E-state index contributed by atoms with van der Waals surface area (Å²) in [5, 5.41) is 3.47. The minimum absolute atomic E-state index is 0.0495. The molecule has 110 valence electrons. The summed E-state index contributed by atoms with van der Waals surface area (Å²) < 4.78 is 24.3. The predicted molar refractivity (Wildman–Crippen MR) is 79.5 cm³/mol. The molecular weight excluding hydrogens is 272 g/mol. The maximum atomic E-state index is 12.1. The molecule has 4 nitrogen and oxygen atoms in total. The summed E-state index contributed by atoms with van der Waals surface area (Å²) >= 11 is 0. The van der Waals surface area contributed by atoms with Crippen LogP contribution in [-0.2, 0) is 9.84 Å². The molecule has 0 aliphatic carbocycles. The minimum atomic E-state index is -3.10. The average Bonchev–Trinajstić information content (AvgIpc) is 2.70. The van der Waals surface area contributed by atoms with E-state index in [1.165, 1.54) is 19.3 Å². The fourth-order valence-corrected chi connectivity index (χ4v) is 5.07. The van der Waals surface area contributed by atoms with Crippen molar-refractivity contribution in [1.29, 1.82) is 0 Å². The Kier molecular flexibility index (Phi) is 3.84. The van der Waals surface area contributed by atoms with E-state index in [2.05, 4.69) is 17.3 Å². The zero-order chi connectivity index (χ0) is 14.2. The van der Waals surface area contributed by atoms with Gasteiger partial charge in [0.1, 0.15) is 0 Å². The standard InChI is InChI=1S/C15H22N2O2S/c1-17-9-5-4-6-12(17)10-16-14-11-20(18,19)15-8-3-2-7-13(14)15/h2-3,7-8,12,14,16H,4-6,9-11H2,1H3. The molecule has 3 rings (SSSR count). The van der Waals surface area contributed by atoms with E-state index in [4.69, 9.17) is 0 Å². The van der Waals surface area contributed by atoms with Crippen LogP contribution >= 0.6 is 0 Å². The fraction of sp³-hybridized carbons (Fsp3) is 0.600. The molecule has 1 aromatic carbocycles. The van der Waals surface area contributed by atoms with Crippen LogP contribution in [0.3, 0.4) is 0 Å². The second kappa shape index (κ2) is 5.47. The first-order valence-corrected chi connectivity index (χ1v) is 8.98. The Labute approximate surface area is 121 Å². The van der Waals surface area contributed by atoms with Gasteiger partial charge in [0.25, 0.3) is 0 Å². The summed E-state index contributed by atoms with van der Waals surface area (Å²) in [7, 11) is -0.940. The largest absolute Gasteiger partial charge is 0.307 e. The second-order valence-electron chi connectivity index (χ2n) is 5.91. The zero-order valence-electron chi connectivity index (χ0n) is 11.9. The molecule has 0 saturated carbocycles. The number of likely N-dealkylation sites (tertiary alicyclic amines) is 1. The quantitative estimate of drug-likeness (QED) is 0.920. The van der Waals surface area contributed by atoms with Crippen molar-refractivity contribution in [3.05, 3.63) is 29.8 Å². The van der Waals surface area contributed by atoms with E-state index in [-0.39, 0.29) is 11.8 Å². The van der Waals surface area contributed by atoms with Gasteiger partial charge in [0.05, 0.1) is 10.6 Å². The van der Waals surface area contributed by atoms with Crippen LogP contribution in [0, 0.1) is 0 Å². The molecule has 2 heterocycles. The SMILES string of the molecule is CN1CCCCC1CNC1CS(=O)(=O)c2ccccc21. The molecule has 20 heavy (non-hydrogen) atoms. The number of sulfone groups is 1. The molecule has 5 heteroatoms. The lowest BCUT2D eigenvalue weighted by Gasteiger charge is -2.33. The molecule has 2 aliphatic heterocycles. The third kappa shape index (κ3) is 2.62. The third-order valence-electron chi connectivity index (χ3n) is 4.54. The van der Waals surface area contributed by atoms with Crippen molar-refractivity contribution in [2.75, 3.05) is 25.9 Å². The Morgan fingerprint density at radius 1 is 1.30 bits per heavy atom. The fourth-order valence-electron chi connectivity index (χ4n) is 3.30. The highest BCUT2D eigenvalue weighted by atomic mass is 32.2. The van der Waals surface area contributed by atoms with Crippen molar-refractivity contribution >= 4 is 9.84 Å². The van der Waals surface area contributed by atoms with Gasteiger partial charge in [-0.05, 0) is 38.1 Å². The van der Waals surface area contributed by atoms with Gasteiger partial charge in [0.2, 0.25) is 0 Å². The van der Waals surface area contributed by atoms with Crippen LogP contribution in [0.1, 0.15) is 30.9 Å². The van der Waals surface area contributed by atoms with Gasteiger partial charge in [0, 0.05) is 18.6 Å². The molecule has 0 bridgehead atoms. The summed E-state index contributed by atoms with van der Waals surface area (Å²) in [6.07, 6.45) is 3.74. The summed E-state index contributed by atoms with van der Waals surface area (Å²) in [4.78, 5) is 2.89. The average molecular weight is 294 g/mol. The lowest BCUT2D eigenvalue weighted by Crippen LogP contribution is -2.44. The molecule has 0 spiro atoms. The number of fused-ring (bicyclic) bond motifs is 1. The summed E-state index contributed by atoms with van der Waals surface area (Å²) in [5.74, 6) is 0.197. The first-order chi connectivity index (χ1) is 9.58. The lowest BCUT2D eigenvalue weighted by molar-refractivity contribution is 0.179. The molecule has 0 radical (unpaired) electrons. The van der Waals surface area contributed by atoms with Gasteiger partial charge in [-0.2, -0.15) is 0 Å². The van der Waals surface area contributed by atoms with E-state index in [0.29, 0.717) is 10.9 Å². The van der Waals surface area contributed by atoms with Crippen molar-refractivity contribution in [3.63, 3.8) is 0 Å². The molecule has 2 atom stereocenters. The van der Waals surface area contributed by atoms with E-state index in [1.54, 1.807) is 12.1 Å². The topological polar surface area (TPSA) is 49.4 Å². The van der Waals surface area contributed by atoms with E-state index >= 15 is 0 Å². The molecule has 1 fully saturated rings. The van der Waals surface area contributed by atoms with Crippen molar-refractivity contribution in [2.24, 2.45) is 0 Å². The van der Waals surface area contributed by atoms with Gasteiger partial charge in [-0.3, -0.25) is 0 Å². The minimum Gasteiger partial charge on any atom is -0.307 e. The van der Waals surface area contributed by atoms with Crippen LogP contribution in [0.5, 0.6) is 0 Å². The second-order valence-corrected chi connectivity index (χ2v) is 7.91. The highest BCUT2D eigenvalue weighted by Gasteiger charge is 2.34. The van der Waals surface area contributed by atoms with Gasteiger partial charge in [0.15, 0.2) is 9.84 Å². The Morgan fingerprint density at radius 3 is 2.90 bits per heavy atom. The first-order valence-electron chi connectivity index (χ1n) is 7.33. The monoisotopic (exact) mass is 294 g/mol. The van der Waals surface area contributed by atoms with Crippen LogP contribution in [-0.4, -0.2) is 45.2 Å². The predicted octanol–water partition coefficient (Wildman–Crippen LogP) is 1.59. The van der Waals surface area contributed by atoms with E-state index in [9.17, 15) is 8.42 Å². The normalized spacial score (nSPS) is 29.2. The first kappa shape index (κ1) is 14.0. The summed E-state index contributed by atoms with van der Waals surface area (Å²) in [6, 6.07) is 7.85. The van der Waals surface area contributed by atoms with E-state index in [1.807, 2.05) is 12.1 Å². The van der Waals surface area contributed by atoms with Crippen LogP contribution in [0.4, 0.5) is 0 Å². The Hall–Kier alpha value is -0.910. The van der Waals surface area contributed by atoms with Gasteiger partial charge in [-0.1, -0.05) is 24.6 Å². The molecule has 2 unspecified atom stereocenters. The number of nitrogens with one attached hydrogen (secondary N) is 1. The Balaban J connectivity index is 1.70. The molecule has 1 saturated heterocycles. The molecular formula is C15H22N2O2S. The third-order valence-corrected chi connectivity index (χ3v) is 6.35. The van der Waals surface area contributed by atoms with Crippen LogP contribution in [0.25, 0.3) is 0 Å². The van der Waals surface area contributed by atoms with Crippen molar-refractivity contribution in [3.8, 4) is 0 Å². The summed E-state index contributed by atoms with van der Waals surface area (Å²) in [5.41, 5.74) is 0.936. The van der Waals surface area contributed by atoms with Crippen LogP contribution in [0.15, 0.2) is 29.2 Å². The molecule has 2 aliphatic rings. The van der Waals surface area contributed by atoms with E-state index < -0.39 is 9.84 Å². The van der Waals surface area contributed by atoms with E-state index in [0.717, 1.165) is 18.7 Å². The van der Waals surface area contributed by atoms with Crippen molar-refractivity contribution in [2.45, 2.75) is 36.2 Å². The molecule has 1 aromatic rings. The number of benzene rings is 1. The highest BCUT2D eigenvalue weighted by molar-refractivity contribution is 7.91. The van der Waals surface area contributed by atoms with Gasteiger partial charge < -0.3 is 10.2 Å². The number of rotatable bonds is 3. The number of piperidine rings is 1.